The third-order valence-electron chi connectivity index (χ3n) is 3.33. The lowest BCUT2D eigenvalue weighted by Gasteiger charge is -2.15. The van der Waals surface area contributed by atoms with Gasteiger partial charge < -0.3 is 19.9 Å². The summed E-state index contributed by atoms with van der Waals surface area (Å²) < 4.78 is 7.70. The van der Waals surface area contributed by atoms with Gasteiger partial charge in [-0.3, -0.25) is 9.59 Å². The molecular formula is C14H20BrN3O3. The van der Waals surface area contributed by atoms with Crippen LogP contribution in [0, 0.1) is 0 Å². The third-order valence-corrected chi connectivity index (χ3v) is 3.77. The maximum Gasteiger partial charge on any atom is 0.268 e. The van der Waals surface area contributed by atoms with Crippen LogP contribution in [0.1, 0.15) is 36.3 Å². The van der Waals surface area contributed by atoms with E-state index in [1.54, 1.807) is 20.1 Å². The summed E-state index contributed by atoms with van der Waals surface area (Å²) in [4.78, 5) is 24.1. The maximum atomic E-state index is 12.3. The van der Waals surface area contributed by atoms with Gasteiger partial charge in [-0.05, 0) is 41.8 Å². The Kier molecular flexibility index (Phi) is 5.41. The summed E-state index contributed by atoms with van der Waals surface area (Å²) in [6.07, 6.45) is 4.10. The van der Waals surface area contributed by atoms with Crippen LogP contribution in [0.4, 0.5) is 0 Å². The summed E-state index contributed by atoms with van der Waals surface area (Å²) in [6.45, 7) is 2.54. The lowest BCUT2D eigenvalue weighted by atomic mass is 10.3. The largest absolute Gasteiger partial charge is 0.383 e. The number of aromatic nitrogens is 1. The van der Waals surface area contributed by atoms with Gasteiger partial charge in [0.25, 0.3) is 5.91 Å². The molecule has 1 aromatic heterocycles. The topological polar surface area (TPSA) is 72.4 Å². The van der Waals surface area contributed by atoms with Crippen LogP contribution in [0.5, 0.6) is 0 Å². The van der Waals surface area contributed by atoms with Gasteiger partial charge in [0, 0.05) is 30.4 Å². The minimum atomic E-state index is -0.587. The summed E-state index contributed by atoms with van der Waals surface area (Å²) in [7, 11) is 1.57. The molecule has 0 radical (unpaired) electrons. The quantitative estimate of drug-likeness (QED) is 0.725. The van der Waals surface area contributed by atoms with Crippen molar-refractivity contribution in [1.29, 1.82) is 0 Å². The first-order valence-electron chi connectivity index (χ1n) is 6.97. The predicted molar refractivity (Wildman–Crippen MR) is 82.2 cm³/mol. The van der Waals surface area contributed by atoms with E-state index >= 15 is 0 Å². The second kappa shape index (κ2) is 7.09. The van der Waals surface area contributed by atoms with E-state index in [2.05, 4.69) is 26.6 Å². The first kappa shape index (κ1) is 16.0. The number of hydrogen-bond acceptors (Lipinski definition) is 3. The lowest BCUT2D eigenvalue weighted by Crippen LogP contribution is -2.45. The van der Waals surface area contributed by atoms with Crippen molar-refractivity contribution in [2.24, 2.45) is 0 Å². The molecule has 6 nitrogen and oxygen atoms in total. The number of rotatable bonds is 7. The van der Waals surface area contributed by atoms with Gasteiger partial charge in [0.1, 0.15) is 11.7 Å². The first-order valence-corrected chi connectivity index (χ1v) is 7.77. The molecule has 1 unspecified atom stereocenters. The van der Waals surface area contributed by atoms with Crippen LogP contribution >= 0.6 is 15.9 Å². The van der Waals surface area contributed by atoms with Crippen molar-refractivity contribution in [2.75, 3.05) is 20.3 Å². The normalized spacial score (nSPS) is 15.6. The van der Waals surface area contributed by atoms with Crippen molar-refractivity contribution in [3.05, 3.63) is 22.4 Å². The number of carbonyl (C=O) groups excluding carboxylic acids is 2. The minimum Gasteiger partial charge on any atom is -0.383 e. The van der Waals surface area contributed by atoms with E-state index in [1.165, 1.54) is 0 Å². The number of hydrogen-bond donors (Lipinski definition) is 2. The molecule has 0 saturated heterocycles. The molecule has 0 aromatic carbocycles. The van der Waals surface area contributed by atoms with Gasteiger partial charge >= 0.3 is 0 Å². The predicted octanol–water partition coefficient (Wildman–Crippen LogP) is 1.47. The zero-order valence-corrected chi connectivity index (χ0v) is 13.8. The Morgan fingerprint density at radius 3 is 2.86 bits per heavy atom. The van der Waals surface area contributed by atoms with Crippen molar-refractivity contribution in [3.63, 3.8) is 0 Å². The Morgan fingerprint density at radius 2 is 2.24 bits per heavy atom. The van der Waals surface area contributed by atoms with Crippen molar-refractivity contribution in [3.8, 4) is 0 Å². The number of methoxy groups -OCH3 is 1. The monoisotopic (exact) mass is 357 g/mol. The number of halogens is 1. The number of amides is 2. The van der Waals surface area contributed by atoms with Gasteiger partial charge in [-0.15, -0.1) is 0 Å². The van der Waals surface area contributed by atoms with E-state index in [0.29, 0.717) is 24.9 Å². The van der Waals surface area contributed by atoms with Gasteiger partial charge in [0.2, 0.25) is 5.91 Å². The second-order valence-electron chi connectivity index (χ2n) is 5.16. The Morgan fingerprint density at radius 1 is 1.52 bits per heavy atom. The lowest BCUT2D eigenvalue weighted by molar-refractivity contribution is -0.122. The van der Waals surface area contributed by atoms with E-state index in [4.69, 9.17) is 4.74 Å². The van der Waals surface area contributed by atoms with Crippen molar-refractivity contribution >= 4 is 27.7 Å². The molecule has 1 aliphatic carbocycles. The summed E-state index contributed by atoms with van der Waals surface area (Å²) in [5.74, 6) is -0.453. The average Bonchev–Trinajstić information content (AvgIpc) is 3.21. The van der Waals surface area contributed by atoms with Crippen LogP contribution in [-0.2, 0) is 9.53 Å². The number of nitrogens with one attached hydrogen (secondary N) is 2. The maximum absolute atomic E-state index is 12.3. The molecule has 21 heavy (non-hydrogen) atoms. The fourth-order valence-electron chi connectivity index (χ4n) is 2.05. The average molecular weight is 358 g/mol. The van der Waals surface area contributed by atoms with E-state index in [1.807, 2.05) is 10.8 Å². The van der Waals surface area contributed by atoms with Crippen LogP contribution < -0.4 is 10.6 Å². The molecule has 0 aliphatic heterocycles. The van der Waals surface area contributed by atoms with Crippen molar-refractivity contribution in [1.82, 2.24) is 15.2 Å². The summed E-state index contributed by atoms with van der Waals surface area (Å²) >= 11 is 3.39. The van der Waals surface area contributed by atoms with E-state index in [9.17, 15) is 9.59 Å². The Balaban J connectivity index is 1.93. The van der Waals surface area contributed by atoms with Gasteiger partial charge in [0.05, 0.1) is 6.61 Å². The van der Waals surface area contributed by atoms with Gasteiger partial charge in [-0.2, -0.15) is 0 Å². The molecule has 1 aromatic rings. The fourth-order valence-corrected chi connectivity index (χ4v) is 2.49. The second-order valence-corrected chi connectivity index (χ2v) is 6.08. The molecule has 1 heterocycles. The van der Waals surface area contributed by atoms with Gasteiger partial charge in [-0.1, -0.05) is 0 Å². The van der Waals surface area contributed by atoms with Crippen molar-refractivity contribution < 1.29 is 14.3 Å². The SMILES string of the molecule is COCCNC(=O)C(C)NC(=O)c1cc(Br)cn1C1CC1. The number of nitrogens with zero attached hydrogens (tertiary/aromatic N) is 1. The summed E-state index contributed by atoms with van der Waals surface area (Å²) in [5, 5.41) is 5.43. The van der Waals surface area contributed by atoms with Crippen LogP contribution in [0.15, 0.2) is 16.7 Å². The first-order chi connectivity index (χ1) is 10.0. The molecule has 7 heteroatoms. The highest BCUT2D eigenvalue weighted by Gasteiger charge is 2.28. The molecule has 116 valence electrons. The third kappa shape index (κ3) is 4.31. The molecule has 0 spiro atoms. The molecule has 2 N–H and O–H groups in total. The highest BCUT2D eigenvalue weighted by atomic mass is 79.9. The van der Waals surface area contributed by atoms with E-state index < -0.39 is 6.04 Å². The Hall–Kier alpha value is -1.34. The highest BCUT2D eigenvalue weighted by Crippen LogP contribution is 2.37. The zero-order chi connectivity index (χ0) is 15.4. The van der Waals surface area contributed by atoms with Crippen LogP contribution in [-0.4, -0.2) is 42.7 Å². The molecule has 1 aliphatic rings. The summed E-state index contributed by atoms with van der Waals surface area (Å²) in [6, 6.07) is 1.60. The van der Waals surface area contributed by atoms with Gasteiger partial charge in [-0.25, -0.2) is 0 Å². The molecule has 1 saturated carbocycles. The van der Waals surface area contributed by atoms with E-state index in [-0.39, 0.29) is 11.8 Å². The highest BCUT2D eigenvalue weighted by molar-refractivity contribution is 9.10. The van der Waals surface area contributed by atoms with Crippen LogP contribution in [0.25, 0.3) is 0 Å². The summed E-state index contributed by atoms with van der Waals surface area (Å²) in [5.41, 5.74) is 0.584. The molecule has 2 rings (SSSR count). The van der Waals surface area contributed by atoms with Crippen molar-refractivity contribution in [2.45, 2.75) is 31.8 Å². The smallest absolute Gasteiger partial charge is 0.268 e. The minimum absolute atomic E-state index is 0.219. The van der Waals surface area contributed by atoms with Gasteiger partial charge in [0.15, 0.2) is 0 Å². The van der Waals surface area contributed by atoms with Crippen LogP contribution in [0.2, 0.25) is 0 Å². The van der Waals surface area contributed by atoms with E-state index in [0.717, 1.165) is 17.3 Å². The van der Waals surface area contributed by atoms with Crippen LogP contribution in [0.3, 0.4) is 0 Å². The number of ether oxygens (including phenoxy) is 1. The molecule has 1 atom stereocenters. The fraction of sp³-hybridized carbons (Fsp3) is 0.571. The molecule has 2 amide bonds. The molecular weight excluding hydrogens is 338 g/mol. The number of carbonyl (C=O) groups is 2. The molecule has 0 bridgehead atoms. The Labute approximate surface area is 132 Å². The Bertz CT molecular complexity index is 526. The molecule has 1 fully saturated rings. The zero-order valence-electron chi connectivity index (χ0n) is 12.2. The standard InChI is InChI=1S/C14H20BrN3O3/c1-9(13(19)16-5-6-21-2)17-14(20)12-7-10(15)8-18(12)11-3-4-11/h7-9,11H,3-6H2,1-2H3,(H,16,19)(H,17,20).